The largest absolute Gasteiger partial charge is 0.346 e. The number of nitrogens with zero attached hydrogens (tertiary/aromatic N) is 2. The summed E-state index contributed by atoms with van der Waals surface area (Å²) in [4.78, 5) is 28.1. The van der Waals surface area contributed by atoms with E-state index < -0.39 is 21.8 Å². The Balaban J connectivity index is 1.68. The number of rotatable bonds is 3. The zero-order valence-corrected chi connectivity index (χ0v) is 13.0. The molecule has 3 rings (SSSR count). The summed E-state index contributed by atoms with van der Waals surface area (Å²) in [6.07, 6.45) is 0.392. The summed E-state index contributed by atoms with van der Waals surface area (Å²) >= 11 is 0. The highest BCUT2D eigenvalue weighted by Gasteiger charge is 2.31. The van der Waals surface area contributed by atoms with Crippen LogP contribution in [0.3, 0.4) is 0 Å². The van der Waals surface area contributed by atoms with Crippen molar-refractivity contribution >= 4 is 33.2 Å². The Morgan fingerprint density at radius 3 is 2.70 bits per heavy atom. The van der Waals surface area contributed by atoms with Gasteiger partial charge in [0.1, 0.15) is 6.54 Å². The van der Waals surface area contributed by atoms with Gasteiger partial charge in [-0.1, -0.05) is 18.2 Å². The van der Waals surface area contributed by atoms with Crippen LogP contribution >= 0.6 is 0 Å². The quantitative estimate of drug-likeness (QED) is 0.754. The molecule has 2 heterocycles. The van der Waals surface area contributed by atoms with Crippen LogP contribution < -0.4 is 15.8 Å². The van der Waals surface area contributed by atoms with Gasteiger partial charge in [0.05, 0.1) is 17.2 Å². The van der Waals surface area contributed by atoms with Gasteiger partial charge in [-0.3, -0.25) is 20.0 Å². The number of amidine groups is 1. The number of para-hydroxylation sites is 1. The van der Waals surface area contributed by atoms with Crippen LogP contribution in [0.2, 0.25) is 0 Å². The first-order valence-corrected chi connectivity index (χ1v) is 8.97. The average molecular weight is 336 g/mol. The van der Waals surface area contributed by atoms with Gasteiger partial charge in [0.25, 0.3) is 11.8 Å². The number of hydrazine groups is 1. The Hall–Kier alpha value is -2.42. The van der Waals surface area contributed by atoms with Gasteiger partial charge >= 0.3 is 0 Å². The van der Waals surface area contributed by atoms with E-state index in [9.17, 15) is 18.0 Å². The van der Waals surface area contributed by atoms with Gasteiger partial charge in [0, 0.05) is 6.04 Å². The number of carbonyl (C=O) groups excluding carboxylic acids is 2. The molecule has 0 aliphatic carbocycles. The van der Waals surface area contributed by atoms with Crippen LogP contribution in [-0.4, -0.2) is 50.2 Å². The van der Waals surface area contributed by atoms with E-state index in [4.69, 9.17) is 0 Å². The van der Waals surface area contributed by atoms with Gasteiger partial charge in [-0.15, -0.1) is 0 Å². The highest BCUT2D eigenvalue weighted by atomic mass is 32.2. The fraction of sp³-hybridized carbons (Fsp3) is 0.357. The Bertz CT molecular complexity index is 760. The molecule has 9 heteroatoms. The molecule has 1 aromatic rings. The number of hydrogen-bond donors (Lipinski definition) is 2. The van der Waals surface area contributed by atoms with Crippen molar-refractivity contribution in [2.24, 2.45) is 4.99 Å². The number of benzene rings is 1. The summed E-state index contributed by atoms with van der Waals surface area (Å²) < 4.78 is 22.9. The van der Waals surface area contributed by atoms with Gasteiger partial charge in [-0.05, 0) is 18.6 Å². The molecule has 1 fully saturated rings. The minimum Gasteiger partial charge on any atom is -0.346 e. The Morgan fingerprint density at radius 2 is 2.04 bits per heavy atom. The van der Waals surface area contributed by atoms with Crippen LogP contribution in [0.4, 0.5) is 5.69 Å². The van der Waals surface area contributed by atoms with E-state index in [-0.39, 0.29) is 29.8 Å². The number of anilines is 1. The lowest BCUT2D eigenvalue weighted by molar-refractivity contribution is -0.118. The van der Waals surface area contributed by atoms with Gasteiger partial charge in [0.2, 0.25) is 5.84 Å². The van der Waals surface area contributed by atoms with Gasteiger partial charge < -0.3 is 5.32 Å². The molecule has 8 nitrogen and oxygen atoms in total. The Morgan fingerprint density at radius 1 is 1.30 bits per heavy atom. The average Bonchev–Trinajstić information content (AvgIpc) is 2.87. The third-order valence-corrected chi connectivity index (χ3v) is 5.40. The second kappa shape index (κ2) is 5.99. The maximum absolute atomic E-state index is 12.2. The predicted molar refractivity (Wildman–Crippen MR) is 84.6 cm³/mol. The van der Waals surface area contributed by atoms with Crippen molar-refractivity contribution in [1.82, 2.24) is 10.7 Å². The topological polar surface area (TPSA) is 108 Å². The van der Waals surface area contributed by atoms with Crippen LogP contribution in [0.25, 0.3) is 0 Å². The fourth-order valence-electron chi connectivity index (χ4n) is 2.49. The molecule has 0 radical (unpaired) electrons. The molecule has 1 aromatic carbocycles. The van der Waals surface area contributed by atoms with Crippen molar-refractivity contribution in [3.8, 4) is 0 Å². The highest BCUT2D eigenvalue weighted by molar-refractivity contribution is 7.91. The third-order valence-electron chi connectivity index (χ3n) is 3.64. The zero-order valence-electron chi connectivity index (χ0n) is 12.2. The standard InChI is InChI=1S/C14H16N4O4S/c19-12-8-15-13(17-18(12)11-4-2-1-3-5-11)14(20)16-10-6-7-23(21,22)9-10/h1-5,10H,6-9H2,(H,15,17)(H,16,20)/t10-/m1/s1. The van der Waals surface area contributed by atoms with Gasteiger partial charge in [0.15, 0.2) is 9.84 Å². The molecule has 1 atom stereocenters. The summed E-state index contributed by atoms with van der Waals surface area (Å²) in [7, 11) is -3.07. The van der Waals surface area contributed by atoms with E-state index in [1.165, 1.54) is 5.01 Å². The summed E-state index contributed by atoms with van der Waals surface area (Å²) in [5.41, 5.74) is 3.28. The van der Waals surface area contributed by atoms with Gasteiger partial charge in [-0.25, -0.2) is 13.4 Å². The number of nitrogens with one attached hydrogen (secondary N) is 2. The molecule has 0 bridgehead atoms. The van der Waals surface area contributed by atoms with Crippen LogP contribution in [0, 0.1) is 0 Å². The number of sulfone groups is 1. The van der Waals surface area contributed by atoms with Crippen molar-refractivity contribution in [1.29, 1.82) is 0 Å². The smallest absolute Gasteiger partial charge is 0.288 e. The van der Waals surface area contributed by atoms with Crippen molar-refractivity contribution in [3.05, 3.63) is 30.3 Å². The first-order chi connectivity index (χ1) is 10.9. The molecular formula is C14H16N4O4S. The van der Waals surface area contributed by atoms with Crippen molar-refractivity contribution in [2.45, 2.75) is 12.5 Å². The fourth-order valence-corrected chi connectivity index (χ4v) is 4.17. The van der Waals surface area contributed by atoms with Crippen LogP contribution in [0.15, 0.2) is 35.3 Å². The van der Waals surface area contributed by atoms with E-state index in [1.807, 2.05) is 6.07 Å². The SMILES string of the molecule is O=C(N[C@@H]1CCS(=O)(=O)C1)C1=NCC(=O)N(c2ccccc2)N1. The van der Waals surface area contributed by atoms with Crippen LogP contribution in [0.1, 0.15) is 6.42 Å². The van der Waals surface area contributed by atoms with E-state index in [1.54, 1.807) is 24.3 Å². The molecule has 23 heavy (non-hydrogen) atoms. The molecule has 0 spiro atoms. The maximum atomic E-state index is 12.2. The number of hydrogen-bond acceptors (Lipinski definition) is 6. The lowest BCUT2D eigenvalue weighted by Gasteiger charge is -2.28. The minimum absolute atomic E-state index is 0.00208. The molecule has 2 aliphatic heterocycles. The first kappa shape index (κ1) is 15.5. The van der Waals surface area contributed by atoms with E-state index >= 15 is 0 Å². The molecule has 0 unspecified atom stereocenters. The normalized spacial score (nSPS) is 23.1. The Labute approximate surface area is 133 Å². The van der Waals surface area contributed by atoms with Crippen LogP contribution in [0.5, 0.6) is 0 Å². The second-order valence-electron chi connectivity index (χ2n) is 5.41. The lowest BCUT2D eigenvalue weighted by Crippen LogP contribution is -2.56. The molecule has 0 aromatic heterocycles. The molecule has 122 valence electrons. The summed E-state index contributed by atoms with van der Waals surface area (Å²) in [5, 5.41) is 3.90. The highest BCUT2D eigenvalue weighted by Crippen LogP contribution is 2.14. The van der Waals surface area contributed by atoms with Crippen molar-refractivity contribution in [3.63, 3.8) is 0 Å². The second-order valence-corrected chi connectivity index (χ2v) is 7.64. The van der Waals surface area contributed by atoms with E-state index in [2.05, 4.69) is 15.7 Å². The van der Waals surface area contributed by atoms with Crippen molar-refractivity contribution in [2.75, 3.05) is 23.1 Å². The summed E-state index contributed by atoms with van der Waals surface area (Å²) in [5.74, 6) is -0.783. The number of aliphatic imine (C=N–C) groups is 1. The molecule has 2 aliphatic rings. The Kier molecular flexibility index (Phi) is 4.03. The minimum atomic E-state index is -3.07. The van der Waals surface area contributed by atoms with E-state index in [0.29, 0.717) is 12.1 Å². The monoisotopic (exact) mass is 336 g/mol. The predicted octanol–water partition coefficient (Wildman–Crippen LogP) is -0.760. The first-order valence-electron chi connectivity index (χ1n) is 7.15. The number of carbonyl (C=O) groups is 2. The maximum Gasteiger partial charge on any atom is 0.288 e. The summed E-state index contributed by atoms with van der Waals surface area (Å²) in [6.45, 7) is -0.145. The lowest BCUT2D eigenvalue weighted by atomic mass is 10.2. The molecular weight excluding hydrogens is 320 g/mol. The van der Waals surface area contributed by atoms with Crippen molar-refractivity contribution < 1.29 is 18.0 Å². The summed E-state index contributed by atoms with van der Waals surface area (Å²) in [6, 6.07) is 8.42. The molecule has 2 N–H and O–H groups in total. The molecule has 2 amide bonds. The number of amides is 2. The molecule has 0 saturated carbocycles. The molecule has 1 saturated heterocycles. The van der Waals surface area contributed by atoms with E-state index in [0.717, 1.165) is 0 Å². The zero-order chi connectivity index (χ0) is 16.4. The van der Waals surface area contributed by atoms with Gasteiger partial charge in [-0.2, -0.15) is 0 Å². The van der Waals surface area contributed by atoms with Crippen LogP contribution in [-0.2, 0) is 19.4 Å². The third kappa shape index (κ3) is 3.50.